The Kier molecular flexibility index (Phi) is 5.68. The fourth-order valence-corrected chi connectivity index (χ4v) is 2.01. The Morgan fingerprint density at radius 2 is 2.12 bits per heavy atom. The van der Waals surface area contributed by atoms with Crippen LogP contribution in [0.15, 0.2) is 10.7 Å². The molecule has 4 nitrogen and oxygen atoms in total. The summed E-state index contributed by atoms with van der Waals surface area (Å²) in [5.74, 6) is 1.23. The van der Waals surface area contributed by atoms with Crippen molar-refractivity contribution in [2.75, 3.05) is 17.2 Å². The second kappa shape index (κ2) is 6.79. The molecule has 0 radical (unpaired) electrons. The molecule has 1 atom stereocenters. The first-order valence-corrected chi connectivity index (χ1v) is 6.94. The summed E-state index contributed by atoms with van der Waals surface area (Å²) in [6.07, 6.45) is 3.37. The summed E-state index contributed by atoms with van der Waals surface area (Å²) in [6.45, 7) is 7.52. The SMILES string of the molecule is CCCCN(c1nc(N)cc(Br)n1)C(C)CC. The summed E-state index contributed by atoms with van der Waals surface area (Å²) >= 11 is 3.36. The van der Waals surface area contributed by atoms with Crippen LogP contribution in [-0.2, 0) is 0 Å². The van der Waals surface area contributed by atoms with Gasteiger partial charge in [-0.3, -0.25) is 0 Å². The van der Waals surface area contributed by atoms with E-state index in [9.17, 15) is 0 Å². The van der Waals surface area contributed by atoms with E-state index in [1.165, 1.54) is 0 Å². The molecule has 0 bridgehead atoms. The molecule has 0 aliphatic carbocycles. The monoisotopic (exact) mass is 300 g/mol. The fraction of sp³-hybridized carbons (Fsp3) is 0.667. The molecular weight excluding hydrogens is 280 g/mol. The first-order valence-electron chi connectivity index (χ1n) is 6.15. The molecule has 0 aromatic carbocycles. The zero-order chi connectivity index (χ0) is 12.8. The van der Waals surface area contributed by atoms with Crippen LogP contribution in [0.5, 0.6) is 0 Å². The minimum Gasteiger partial charge on any atom is -0.383 e. The van der Waals surface area contributed by atoms with Gasteiger partial charge in [-0.25, -0.2) is 4.98 Å². The van der Waals surface area contributed by atoms with Crippen LogP contribution in [0.2, 0.25) is 0 Å². The molecule has 1 aromatic rings. The van der Waals surface area contributed by atoms with Crippen molar-refractivity contribution >= 4 is 27.7 Å². The van der Waals surface area contributed by atoms with Crippen molar-refractivity contribution in [2.45, 2.75) is 46.1 Å². The maximum atomic E-state index is 5.76. The van der Waals surface area contributed by atoms with E-state index in [-0.39, 0.29) is 0 Å². The summed E-state index contributed by atoms with van der Waals surface area (Å²) in [6, 6.07) is 2.15. The van der Waals surface area contributed by atoms with Gasteiger partial charge >= 0.3 is 0 Å². The third-order valence-corrected chi connectivity index (χ3v) is 3.24. The third kappa shape index (κ3) is 4.15. The van der Waals surface area contributed by atoms with Gasteiger partial charge in [-0.2, -0.15) is 4.98 Å². The minimum absolute atomic E-state index is 0.426. The van der Waals surface area contributed by atoms with Crippen molar-refractivity contribution in [1.29, 1.82) is 0 Å². The predicted molar refractivity (Wildman–Crippen MR) is 76.2 cm³/mol. The smallest absolute Gasteiger partial charge is 0.228 e. The maximum Gasteiger partial charge on any atom is 0.228 e. The largest absolute Gasteiger partial charge is 0.383 e. The molecule has 0 saturated carbocycles. The highest BCUT2D eigenvalue weighted by Crippen LogP contribution is 2.19. The number of nitrogen functional groups attached to an aromatic ring is 1. The standard InChI is InChI=1S/C12H21BrN4/c1-4-6-7-17(9(3)5-2)12-15-10(13)8-11(14)16-12/h8-9H,4-7H2,1-3H3,(H2,14,15,16). The molecule has 0 aliphatic heterocycles. The topological polar surface area (TPSA) is 55.0 Å². The van der Waals surface area contributed by atoms with E-state index in [0.717, 1.165) is 36.4 Å². The number of aromatic nitrogens is 2. The van der Waals surface area contributed by atoms with Gasteiger partial charge in [0.2, 0.25) is 5.95 Å². The van der Waals surface area contributed by atoms with Gasteiger partial charge < -0.3 is 10.6 Å². The van der Waals surface area contributed by atoms with Gasteiger partial charge in [0.1, 0.15) is 10.4 Å². The average Bonchev–Trinajstić information content (AvgIpc) is 2.28. The molecule has 1 unspecified atom stereocenters. The number of anilines is 2. The first kappa shape index (κ1) is 14.2. The molecule has 0 fully saturated rings. The molecule has 0 spiro atoms. The molecule has 2 N–H and O–H groups in total. The highest BCUT2D eigenvalue weighted by Gasteiger charge is 2.16. The van der Waals surface area contributed by atoms with E-state index >= 15 is 0 Å². The van der Waals surface area contributed by atoms with Crippen LogP contribution < -0.4 is 10.6 Å². The zero-order valence-electron chi connectivity index (χ0n) is 10.8. The number of nitrogens with two attached hydrogens (primary N) is 1. The Balaban J connectivity index is 2.94. The molecule has 1 aromatic heterocycles. The van der Waals surface area contributed by atoms with E-state index in [2.05, 4.69) is 51.6 Å². The summed E-state index contributed by atoms with van der Waals surface area (Å²) < 4.78 is 0.741. The lowest BCUT2D eigenvalue weighted by Gasteiger charge is -2.28. The van der Waals surface area contributed by atoms with Crippen LogP contribution in [-0.4, -0.2) is 22.6 Å². The van der Waals surface area contributed by atoms with Crippen LogP contribution in [0.1, 0.15) is 40.0 Å². The molecule has 96 valence electrons. The van der Waals surface area contributed by atoms with E-state index in [1.54, 1.807) is 6.07 Å². The number of unbranched alkanes of at least 4 members (excludes halogenated alkanes) is 1. The second-order valence-corrected chi connectivity index (χ2v) is 5.03. The summed E-state index contributed by atoms with van der Waals surface area (Å²) in [4.78, 5) is 11.0. The lowest BCUT2D eigenvalue weighted by molar-refractivity contribution is 0.582. The predicted octanol–water partition coefficient (Wildman–Crippen LogP) is 3.23. The average molecular weight is 301 g/mol. The molecule has 1 rings (SSSR count). The van der Waals surface area contributed by atoms with Crippen molar-refractivity contribution < 1.29 is 0 Å². The van der Waals surface area contributed by atoms with Gasteiger partial charge in [0.05, 0.1) is 0 Å². The number of hydrogen-bond acceptors (Lipinski definition) is 4. The molecular formula is C12H21BrN4. The van der Waals surface area contributed by atoms with Gasteiger partial charge in [-0.15, -0.1) is 0 Å². The Hall–Kier alpha value is -0.840. The number of halogens is 1. The van der Waals surface area contributed by atoms with Crippen molar-refractivity contribution in [3.05, 3.63) is 10.7 Å². The van der Waals surface area contributed by atoms with Gasteiger partial charge in [0, 0.05) is 18.7 Å². The molecule has 0 saturated heterocycles. The van der Waals surface area contributed by atoms with Crippen LogP contribution in [0.25, 0.3) is 0 Å². The van der Waals surface area contributed by atoms with Gasteiger partial charge in [0.25, 0.3) is 0 Å². The van der Waals surface area contributed by atoms with Gasteiger partial charge in [-0.05, 0) is 35.7 Å². The lowest BCUT2D eigenvalue weighted by Crippen LogP contribution is -2.35. The fourth-order valence-electron chi connectivity index (χ4n) is 1.62. The minimum atomic E-state index is 0.426. The second-order valence-electron chi connectivity index (χ2n) is 4.22. The highest BCUT2D eigenvalue weighted by atomic mass is 79.9. The van der Waals surface area contributed by atoms with Gasteiger partial charge in [-0.1, -0.05) is 20.3 Å². The molecule has 0 aliphatic rings. The highest BCUT2D eigenvalue weighted by molar-refractivity contribution is 9.10. The molecule has 1 heterocycles. The summed E-state index contributed by atoms with van der Waals surface area (Å²) in [5, 5.41) is 0. The molecule has 0 amide bonds. The number of hydrogen-bond donors (Lipinski definition) is 1. The lowest BCUT2D eigenvalue weighted by atomic mass is 10.2. The maximum absolute atomic E-state index is 5.76. The van der Waals surface area contributed by atoms with E-state index < -0.39 is 0 Å². The Morgan fingerprint density at radius 1 is 1.41 bits per heavy atom. The van der Waals surface area contributed by atoms with Crippen LogP contribution >= 0.6 is 15.9 Å². The van der Waals surface area contributed by atoms with Crippen molar-refractivity contribution in [3.63, 3.8) is 0 Å². The van der Waals surface area contributed by atoms with Crippen molar-refractivity contribution in [2.24, 2.45) is 0 Å². The van der Waals surface area contributed by atoms with Gasteiger partial charge in [0.15, 0.2) is 0 Å². The number of nitrogens with zero attached hydrogens (tertiary/aromatic N) is 3. The Bertz CT molecular complexity index is 336. The van der Waals surface area contributed by atoms with Crippen LogP contribution in [0.4, 0.5) is 11.8 Å². The van der Waals surface area contributed by atoms with E-state index in [1.807, 2.05) is 0 Å². The Morgan fingerprint density at radius 3 is 2.65 bits per heavy atom. The molecule has 5 heteroatoms. The Labute approximate surface area is 112 Å². The normalized spacial score (nSPS) is 12.5. The summed E-state index contributed by atoms with van der Waals surface area (Å²) in [5.41, 5.74) is 5.76. The van der Waals surface area contributed by atoms with E-state index in [0.29, 0.717) is 11.9 Å². The number of rotatable bonds is 6. The van der Waals surface area contributed by atoms with Crippen LogP contribution in [0.3, 0.4) is 0 Å². The zero-order valence-corrected chi connectivity index (χ0v) is 12.4. The molecule has 17 heavy (non-hydrogen) atoms. The van der Waals surface area contributed by atoms with Crippen molar-refractivity contribution in [3.8, 4) is 0 Å². The quantitative estimate of drug-likeness (QED) is 0.820. The van der Waals surface area contributed by atoms with Crippen LogP contribution in [0, 0.1) is 0 Å². The van der Waals surface area contributed by atoms with E-state index in [4.69, 9.17) is 5.73 Å². The third-order valence-electron chi connectivity index (χ3n) is 2.84. The first-order chi connectivity index (χ1) is 8.08. The van der Waals surface area contributed by atoms with Crippen molar-refractivity contribution in [1.82, 2.24) is 9.97 Å². The summed E-state index contributed by atoms with van der Waals surface area (Å²) in [7, 11) is 0.